The predicted octanol–water partition coefficient (Wildman–Crippen LogP) is 1.68. The fourth-order valence-corrected chi connectivity index (χ4v) is 3.09. The first-order valence-electron chi connectivity index (χ1n) is 4.41. The second kappa shape index (κ2) is 12.7. The molecule has 0 spiro atoms. The Morgan fingerprint density at radius 1 is 0.900 bits per heavy atom. The molecule has 0 aliphatic heterocycles. The summed E-state index contributed by atoms with van der Waals surface area (Å²) in [5.41, 5.74) is 0. The molecule has 2 heteroatoms. The molecule has 0 aromatic heterocycles. The molecule has 0 radical (unpaired) electrons. The molecule has 0 N–H and O–H groups in total. The summed E-state index contributed by atoms with van der Waals surface area (Å²) in [6.07, 6.45) is 5.80. The van der Waals surface area contributed by atoms with Crippen molar-refractivity contribution in [2.45, 2.75) is 50.1 Å². The lowest BCUT2D eigenvalue weighted by atomic mass is 10.4. The zero-order valence-corrected chi connectivity index (χ0v) is 8.36. The Bertz CT molecular complexity index is 40.5. The van der Waals surface area contributed by atoms with Crippen LogP contribution in [0.1, 0.15) is 39.5 Å². The van der Waals surface area contributed by atoms with Crippen LogP contribution in [0.3, 0.4) is 0 Å². The van der Waals surface area contributed by atoms with Crippen molar-refractivity contribution in [1.82, 2.24) is 0 Å². The summed E-state index contributed by atoms with van der Waals surface area (Å²) in [4.78, 5) is 0. The van der Waals surface area contributed by atoms with Gasteiger partial charge in [-0.15, -0.1) is 0 Å². The Balaban J connectivity index is 0. The minimum absolute atomic E-state index is 0. The van der Waals surface area contributed by atoms with Crippen molar-refractivity contribution in [2.75, 3.05) is 0 Å². The van der Waals surface area contributed by atoms with Crippen molar-refractivity contribution in [1.29, 1.82) is 0 Å². The summed E-state index contributed by atoms with van der Waals surface area (Å²) in [7, 11) is 0. The number of unbranched alkanes of at least 4 members (excludes halogenated alkanes) is 2. The first-order valence-corrected chi connectivity index (χ1v) is 6.41. The molecule has 0 heterocycles. The van der Waals surface area contributed by atoms with Gasteiger partial charge in [0.25, 0.3) is 0 Å². The summed E-state index contributed by atoms with van der Waals surface area (Å²) in [6.45, 7) is 4.57. The maximum Gasteiger partial charge on any atom is 0.236 e. The molecule has 0 atom stereocenters. The fraction of sp³-hybridized carbons (Fsp3) is 1.00. The van der Waals surface area contributed by atoms with E-state index in [4.69, 9.17) is 0 Å². The maximum atomic E-state index is 2.29. The van der Waals surface area contributed by atoms with Crippen molar-refractivity contribution in [3.05, 3.63) is 0 Å². The van der Waals surface area contributed by atoms with Crippen LogP contribution in [0.15, 0.2) is 0 Å². The van der Waals surface area contributed by atoms with Crippen molar-refractivity contribution in [3.8, 4) is 0 Å². The smallest absolute Gasteiger partial charge is 0.0973 e. The van der Waals surface area contributed by atoms with Gasteiger partial charge in [0.05, 0.1) is 0 Å². The van der Waals surface area contributed by atoms with Crippen LogP contribution in [0.25, 0.3) is 0 Å². The minimum Gasteiger partial charge on any atom is -0.0973 e. The van der Waals surface area contributed by atoms with E-state index < -0.39 is 0 Å². The first kappa shape index (κ1) is 13.6. The standard InChI is InChI=1S/2C4H9.2Al.4H/c2*1-3-4-2;;;;;;/h2*1,3-4H2,2H3;;;;;;. The van der Waals surface area contributed by atoms with Crippen LogP contribution < -0.4 is 0 Å². The molecule has 0 aromatic carbocycles. The summed E-state index contributed by atoms with van der Waals surface area (Å²) in [5, 5.41) is 3.19. The van der Waals surface area contributed by atoms with E-state index in [9.17, 15) is 0 Å². The largest absolute Gasteiger partial charge is 0.236 e. The molecule has 60 valence electrons. The van der Waals surface area contributed by atoms with Crippen LogP contribution in [-0.4, -0.2) is 32.6 Å². The summed E-state index contributed by atoms with van der Waals surface area (Å²) >= 11 is 0.389. The third-order valence-electron chi connectivity index (χ3n) is 1.71. The third-order valence-corrected chi connectivity index (χ3v) is 3.71. The first-order chi connectivity index (χ1) is 4.41. The van der Waals surface area contributed by atoms with Crippen molar-refractivity contribution in [2.24, 2.45) is 0 Å². The van der Waals surface area contributed by atoms with E-state index in [1.807, 2.05) is 0 Å². The van der Waals surface area contributed by atoms with E-state index in [-0.39, 0.29) is 17.4 Å². The fourth-order valence-electron chi connectivity index (χ4n) is 1.03. The maximum absolute atomic E-state index is 2.29. The number of hydrogen-bond donors (Lipinski definition) is 0. The molecule has 0 bridgehead atoms. The molecule has 0 aromatic rings. The summed E-state index contributed by atoms with van der Waals surface area (Å²) in [6, 6.07) is 0. The molecule has 0 saturated carbocycles. The van der Waals surface area contributed by atoms with Gasteiger partial charge in [-0.25, -0.2) is 0 Å². The Hall–Kier alpha value is 1.06. The highest BCUT2D eigenvalue weighted by molar-refractivity contribution is 6.35. The van der Waals surface area contributed by atoms with Gasteiger partial charge in [-0.3, -0.25) is 0 Å². The molecule has 10 heavy (non-hydrogen) atoms. The second-order valence-corrected chi connectivity index (χ2v) is 4.89. The van der Waals surface area contributed by atoms with E-state index in [1.54, 1.807) is 10.6 Å². The van der Waals surface area contributed by atoms with E-state index in [0.29, 0.717) is 15.2 Å². The van der Waals surface area contributed by atoms with Crippen LogP contribution >= 0.6 is 0 Å². The molecule has 0 nitrogen and oxygen atoms in total. The van der Waals surface area contributed by atoms with Gasteiger partial charge >= 0.3 is 0 Å². The van der Waals surface area contributed by atoms with Crippen LogP contribution in [0, 0.1) is 0 Å². The van der Waals surface area contributed by atoms with Crippen molar-refractivity contribution < 1.29 is 0 Å². The topological polar surface area (TPSA) is 0 Å². The molecular formula is C8H22Al2. The van der Waals surface area contributed by atoms with Gasteiger partial charge in [-0.05, 0) is 0 Å². The summed E-state index contributed by atoms with van der Waals surface area (Å²) < 4.78 is 0. The molecular weight excluding hydrogens is 150 g/mol. The quantitative estimate of drug-likeness (QED) is 0.422. The highest BCUT2D eigenvalue weighted by atomic mass is 27.1. The van der Waals surface area contributed by atoms with Gasteiger partial charge in [-0.1, -0.05) is 50.1 Å². The lowest BCUT2D eigenvalue weighted by Gasteiger charge is -1.92. The SMILES string of the molecule is CCC[CH2][AlH][CH2]CCC.[AlH3]. The van der Waals surface area contributed by atoms with Crippen LogP contribution in [-0.2, 0) is 0 Å². The van der Waals surface area contributed by atoms with Gasteiger partial charge in [0.2, 0.25) is 15.2 Å². The number of rotatable bonds is 6. The highest BCUT2D eigenvalue weighted by Crippen LogP contribution is 1.99. The molecule has 0 saturated heterocycles. The molecule has 0 aliphatic rings. The van der Waals surface area contributed by atoms with Crippen molar-refractivity contribution >= 4 is 32.6 Å². The van der Waals surface area contributed by atoms with E-state index in [1.165, 1.54) is 25.7 Å². The van der Waals surface area contributed by atoms with Gasteiger partial charge in [0.15, 0.2) is 17.4 Å². The van der Waals surface area contributed by atoms with E-state index in [0.717, 1.165) is 0 Å². The van der Waals surface area contributed by atoms with E-state index >= 15 is 0 Å². The monoisotopic (exact) mass is 172 g/mol. The molecule has 0 fully saturated rings. The zero-order chi connectivity index (χ0) is 6.95. The van der Waals surface area contributed by atoms with Gasteiger partial charge in [0.1, 0.15) is 0 Å². The minimum atomic E-state index is 0. The predicted molar refractivity (Wildman–Crippen MR) is 56.5 cm³/mol. The Kier molecular flexibility index (Phi) is 17.3. The second-order valence-electron chi connectivity index (χ2n) is 2.77. The average Bonchev–Trinajstić information content (AvgIpc) is 1.89. The molecule has 0 aliphatic carbocycles. The summed E-state index contributed by atoms with van der Waals surface area (Å²) in [5.74, 6) is 0. The lowest BCUT2D eigenvalue weighted by molar-refractivity contribution is 0.851. The molecule has 0 amide bonds. The number of hydrogen-bond acceptors (Lipinski definition) is 0. The molecule has 0 rings (SSSR count). The Morgan fingerprint density at radius 2 is 1.30 bits per heavy atom. The van der Waals surface area contributed by atoms with Crippen LogP contribution in [0.5, 0.6) is 0 Å². The van der Waals surface area contributed by atoms with Gasteiger partial charge in [0, 0.05) is 0 Å². The third kappa shape index (κ3) is 11.8. The molecule has 0 unspecified atom stereocenters. The highest BCUT2D eigenvalue weighted by Gasteiger charge is 1.90. The van der Waals surface area contributed by atoms with Crippen LogP contribution in [0.2, 0.25) is 10.6 Å². The average molecular weight is 172 g/mol. The van der Waals surface area contributed by atoms with Crippen LogP contribution in [0.4, 0.5) is 0 Å². The normalized spacial score (nSPS) is 8.60. The van der Waals surface area contributed by atoms with E-state index in [2.05, 4.69) is 13.8 Å². The van der Waals surface area contributed by atoms with Gasteiger partial charge < -0.3 is 0 Å². The Morgan fingerprint density at radius 3 is 1.60 bits per heavy atom. The van der Waals surface area contributed by atoms with Crippen molar-refractivity contribution in [3.63, 3.8) is 0 Å². The van der Waals surface area contributed by atoms with Gasteiger partial charge in [-0.2, -0.15) is 0 Å². The Labute approximate surface area is 82.6 Å². The zero-order valence-electron chi connectivity index (χ0n) is 6.95. The lowest BCUT2D eigenvalue weighted by Crippen LogP contribution is -1.87.